The molecule has 0 atom stereocenters. The standard InChI is InChI=1S/C18H17BrClN3O3S/c1-2-7-23(10-16-21-22-18(26-16)15-4-3-8-27-15)17(24)11-25-14-6-5-12(20)9-13(14)19/h3-6,8-9H,2,7,10-11H2,1H3. The molecule has 2 aromatic heterocycles. The third kappa shape index (κ3) is 5.31. The number of thiophene rings is 1. The fourth-order valence-electron chi connectivity index (χ4n) is 2.37. The molecule has 3 rings (SSSR count). The number of carbonyl (C=O) groups is 1. The summed E-state index contributed by atoms with van der Waals surface area (Å²) in [7, 11) is 0. The van der Waals surface area contributed by atoms with Gasteiger partial charge in [0.1, 0.15) is 5.75 Å². The minimum absolute atomic E-state index is 0.0911. The van der Waals surface area contributed by atoms with Crippen LogP contribution in [0.4, 0.5) is 0 Å². The zero-order valence-corrected chi connectivity index (χ0v) is 17.7. The van der Waals surface area contributed by atoms with Crippen LogP contribution in [0.25, 0.3) is 10.8 Å². The zero-order chi connectivity index (χ0) is 19.2. The molecule has 3 aromatic rings. The predicted molar refractivity (Wildman–Crippen MR) is 108 cm³/mol. The van der Waals surface area contributed by atoms with Gasteiger partial charge in [-0.15, -0.1) is 21.5 Å². The SMILES string of the molecule is CCCN(Cc1nnc(-c2cccs2)o1)C(=O)COc1ccc(Cl)cc1Br. The van der Waals surface area contributed by atoms with Crippen molar-refractivity contribution in [3.8, 4) is 16.5 Å². The number of carbonyl (C=O) groups excluding carboxylic acids is 1. The highest BCUT2D eigenvalue weighted by molar-refractivity contribution is 9.10. The topological polar surface area (TPSA) is 68.5 Å². The van der Waals surface area contributed by atoms with Crippen LogP contribution in [0, 0.1) is 0 Å². The molecule has 9 heteroatoms. The van der Waals surface area contributed by atoms with Crippen LogP contribution in [0.1, 0.15) is 19.2 Å². The van der Waals surface area contributed by atoms with Crippen LogP contribution in [-0.2, 0) is 11.3 Å². The Morgan fingerprint density at radius 1 is 1.37 bits per heavy atom. The number of ether oxygens (including phenoxy) is 1. The Balaban J connectivity index is 1.63. The van der Waals surface area contributed by atoms with E-state index in [9.17, 15) is 4.79 Å². The van der Waals surface area contributed by atoms with E-state index in [-0.39, 0.29) is 19.1 Å². The second-order valence-corrected chi connectivity index (χ2v) is 7.90. The van der Waals surface area contributed by atoms with Crippen LogP contribution in [0.15, 0.2) is 44.6 Å². The van der Waals surface area contributed by atoms with Crippen molar-refractivity contribution in [3.05, 3.63) is 51.1 Å². The number of aromatic nitrogens is 2. The average Bonchev–Trinajstić information content (AvgIpc) is 3.32. The molecule has 0 spiro atoms. The molecule has 6 nitrogen and oxygen atoms in total. The molecular weight excluding hydrogens is 454 g/mol. The van der Waals surface area contributed by atoms with Crippen LogP contribution in [0.2, 0.25) is 5.02 Å². The summed E-state index contributed by atoms with van der Waals surface area (Å²) in [5.41, 5.74) is 0. The highest BCUT2D eigenvalue weighted by Crippen LogP contribution is 2.28. The first kappa shape index (κ1) is 19.9. The lowest BCUT2D eigenvalue weighted by molar-refractivity contribution is -0.134. The summed E-state index contributed by atoms with van der Waals surface area (Å²) in [5, 5.41) is 10.6. The number of nitrogens with zero attached hydrogens (tertiary/aromatic N) is 3. The van der Waals surface area contributed by atoms with Gasteiger partial charge in [0, 0.05) is 11.6 Å². The summed E-state index contributed by atoms with van der Waals surface area (Å²) in [6.45, 7) is 2.73. The van der Waals surface area contributed by atoms with Crippen LogP contribution in [0.3, 0.4) is 0 Å². The highest BCUT2D eigenvalue weighted by Gasteiger charge is 2.18. The van der Waals surface area contributed by atoms with Gasteiger partial charge >= 0.3 is 0 Å². The molecule has 0 aliphatic carbocycles. The van der Waals surface area contributed by atoms with Crippen molar-refractivity contribution < 1.29 is 13.9 Å². The quantitative estimate of drug-likeness (QED) is 0.462. The lowest BCUT2D eigenvalue weighted by Crippen LogP contribution is -2.35. The minimum Gasteiger partial charge on any atom is -0.483 e. The van der Waals surface area contributed by atoms with E-state index in [1.54, 1.807) is 23.1 Å². The Hall–Kier alpha value is -1.90. The van der Waals surface area contributed by atoms with Crippen molar-refractivity contribution in [2.24, 2.45) is 0 Å². The van der Waals surface area contributed by atoms with Gasteiger partial charge in [0.15, 0.2) is 6.61 Å². The molecule has 0 fully saturated rings. The van der Waals surface area contributed by atoms with Crippen molar-refractivity contribution in [3.63, 3.8) is 0 Å². The fourth-order valence-corrected chi connectivity index (χ4v) is 3.81. The maximum absolute atomic E-state index is 12.6. The first-order valence-corrected chi connectivity index (χ1v) is 10.3. The number of hydrogen-bond donors (Lipinski definition) is 0. The normalized spacial score (nSPS) is 10.8. The number of benzene rings is 1. The van der Waals surface area contributed by atoms with Crippen LogP contribution < -0.4 is 4.74 Å². The maximum atomic E-state index is 12.6. The number of hydrogen-bond acceptors (Lipinski definition) is 6. The Morgan fingerprint density at radius 3 is 2.93 bits per heavy atom. The molecule has 0 saturated carbocycles. The summed E-state index contributed by atoms with van der Waals surface area (Å²) < 4.78 is 12.0. The van der Waals surface area contributed by atoms with Crippen molar-refractivity contribution >= 4 is 44.8 Å². The van der Waals surface area contributed by atoms with Crippen molar-refractivity contribution in [1.29, 1.82) is 0 Å². The molecule has 1 amide bonds. The van der Waals surface area contributed by atoms with Crippen molar-refractivity contribution in [2.75, 3.05) is 13.2 Å². The van der Waals surface area contributed by atoms with E-state index < -0.39 is 0 Å². The number of rotatable bonds is 8. The predicted octanol–water partition coefficient (Wildman–Crippen LogP) is 5.03. The first-order valence-electron chi connectivity index (χ1n) is 8.28. The Morgan fingerprint density at radius 2 is 2.22 bits per heavy atom. The van der Waals surface area contributed by atoms with Gasteiger partial charge in [-0.3, -0.25) is 4.79 Å². The molecule has 1 aromatic carbocycles. The highest BCUT2D eigenvalue weighted by atomic mass is 79.9. The van der Waals surface area contributed by atoms with Crippen molar-refractivity contribution in [1.82, 2.24) is 15.1 Å². The molecule has 0 aliphatic rings. The maximum Gasteiger partial charge on any atom is 0.260 e. The second kappa shape index (κ2) is 9.34. The molecule has 27 heavy (non-hydrogen) atoms. The molecule has 0 unspecified atom stereocenters. The van der Waals surface area contributed by atoms with Gasteiger partial charge in [-0.25, -0.2) is 0 Å². The molecule has 0 radical (unpaired) electrons. The average molecular weight is 471 g/mol. The minimum atomic E-state index is -0.158. The molecule has 142 valence electrons. The third-order valence-corrected chi connectivity index (χ3v) is 5.33. The molecule has 0 saturated heterocycles. The van der Waals surface area contributed by atoms with E-state index in [1.165, 1.54) is 11.3 Å². The Labute approximate surface area is 174 Å². The molecular formula is C18H17BrClN3O3S. The van der Waals surface area contributed by atoms with Gasteiger partial charge in [-0.05, 0) is 52.0 Å². The molecule has 0 aliphatic heterocycles. The zero-order valence-electron chi connectivity index (χ0n) is 14.5. The number of halogens is 2. The first-order chi connectivity index (χ1) is 13.1. The molecule has 0 N–H and O–H groups in total. The second-order valence-electron chi connectivity index (χ2n) is 5.66. The third-order valence-electron chi connectivity index (χ3n) is 3.62. The van der Waals surface area contributed by atoms with Crippen LogP contribution >= 0.6 is 38.9 Å². The lowest BCUT2D eigenvalue weighted by Gasteiger charge is -2.20. The van der Waals surface area contributed by atoms with E-state index in [0.717, 1.165) is 11.3 Å². The summed E-state index contributed by atoms with van der Waals surface area (Å²) in [4.78, 5) is 15.1. The lowest BCUT2D eigenvalue weighted by atomic mass is 10.3. The van der Waals surface area contributed by atoms with E-state index in [2.05, 4.69) is 26.1 Å². The largest absolute Gasteiger partial charge is 0.483 e. The van der Waals surface area contributed by atoms with Crippen molar-refractivity contribution in [2.45, 2.75) is 19.9 Å². The number of amides is 1. The monoisotopic (exact) mass is 469 g/mol. The van der Waals surface area contributed by atoms with E-state index in [0.29, 0.717) is 33.6 Å². The Kier molecular flexibility index (Phi) is 6.87. The van der Waals surface area contributed by atoms with Gasteiger partial charge in [0.2, 0.25) is 5.89 Å². The van der Waals surface area contributed by atoms with Gasteiger partial charge in [0.25, 0.3) is 11.8 Å². The van der Waals surface area contributed by atoms with Gasteiger partial charge in [0.05, 0.1) is 15.9 Å². The smallest absolute Gasteiger partial charge is 0.260 e. The van der Waals surface area contributed by atoms with Gasteiger partial charge < -0.3 is 14.1 Å². The summed E-state index contributed by atoms with van der Waals surface area (Å²) in [6.07, 6.45) is 0.808. The van der Waals surface area contributed by atoms with E-state index in [4.69, 9.17) is 20.8 Å². The summed E-state index contributed by atoms with van der Waals surface area (Å²) in [5.74, 6) is 1.26. The van der Waals surface area contributed by atoms with Crippen LogP contribution in [-0.4, -0.2) is 34.2 Å². The molecule has 0 bridgehead atoms. The fraction of sp³-hybridized carbons (Fsp3) is 0.278. The Bertz CT molecular complexity index is 901. The van der Waals surface area contributed by atoms with Gasteiger partial charge in [-0.2, -0.15) is 0 Å². The summed E-state index contributed by atoms with van der Waals surface area (Å²) in [6, 6.07) is 8.98. The van der Waals surface area contributed by atoms with Crippen LogP contribution in [0.5, 0.6) is 5.75 Å². The van der Waals surface area contributed by atoms with Gasteiger partial charge in [-0.1, -0.05) is 24.6 Å². The molecule has 2 heterocycles. The van der Waals surface area contributed by atoms with E-state index >= 15 is 0 Å². The van der Waals surface area contributed by atoms with E-state index in [1.807, 2.05) is 24.4 Å². The summed E-state index contributed by atoms with van der Waals surface area (Å²) >= 11 is 10.8.